The molecule has 0 radical (unpaired) electrons. The van der Waals surface area contributed by atoms with Crippen LogP contribution in [-0.2, 0) is 0 Å². The minimum absolute atomic E-state index is 0. The van der Waals surface area contributed by atoms with Gasteiger partial charge in [0.25, 0.3) is 0 Å². The monoisotopic (exact) mass is 225 g/mol. The molecule has 0 aliphatic rings. The Hall–Kier alpha value is 0.920. The van der Waals surface area contributed by atoms with Crippen molar-refractivity contribution < 1.29 is 36.2 Å². The fourth-order valence-corrected chi connectivity index (χ4v) is 1.69. The number of rotatable bonds is 11. The van der Waals surface area contributed by atoms with E-state index >= 15 is 0 Å². The number of hydroxylamine groups is 1. The van der Waals surface area contributed by atoms with Gasteiger partial charge in [0.1, 0.15) is 0 Å². The molecule has 3 heteroatoms. The standard InChI is InChI=1S/C12H27NO.Na.H/c1-2-3-4-5-6-7-8-9-10-11-12-13-14;;/h13-14H,2-12H2,1H3;;/q;+1;-1. The second kappa shape index (κ2) is 17.3. The van der Waals surface area contributed by atoms with Gasteiger partial charge in [0, 0.05) is 6.54 Å². The smallest absolute Gasteiger partial charge is 1.00 e. The molecule has 0 aromatic carbocycles. The van der Waals surface area contributed by atoms with Gasteiger partial charge in [0.2, 0.25) is 0 Å². The van der Waals surface area contributed by atoms with Crippen molar-refractivity contribution in [3.05, 3.63) is 0 Å². The Morgan fingerprint density at radius 3 is 1.60 bits per heavy atom. The first-order valence-electron chi connectivity index (χ1n) is 6.28. The molecule has 0 aromatic rings. The van der Waals surface area contributed by atoms with E-state index in [9.17, 15) is 0 Å². The van der Waals surface area contributed by atoms with Crippen LogP contribution in [0.25, 0.3) is 0 Å². The van der Waals surface area contributed by atoms with Gasteiger partial charge < -0.3 is 6.63 Å². The summed E-state index contributed by atoms with van der Waals surface area (Å²) in [6, 6.07) is 0. The van der Waals surface area contributed by atoms with Gasteiger partial charge in [-0.15, -0.1) is 0 Å². The SMILES string of the molecule is CCCCCCCCCCCCNO.[H-].[Na+]. The molecule has 88 valence electrons. The zero-order valence-corrected chi connectivity index (χ0v) is 12.7. The molecule has 0 heterocycles. The Bertz CT molecular complexity index is 95.0. The second-order valence-electron chi connectivity index (χ2n) is 4.09. The van der Waals surface area contributed by atoms with E-state index in [1.165, 1.54) is 57.8 Å². The maximum Gasteiger partial charge on any atom is 1.00 e. The van der Waals surface area contributed by atoms with Crippen molar-refractivity contribution in [3.8, 4) is 0 Å². The molecule has 0 saturated heterocycles. The van der Waals surface area contributed by atoms with E-state index in [2.05, 4.69) is 12.4 Å². The minimum Gasteiger partial charge on any atom is -1.00 e. The predicted molar refractivity (Wildman–Crippen MR) is 62.7 cm³/mol. The van der Waals surface area contributed by atoms with Crippen LogP contribution in [0.5, 0.6) is 0 Å². The summed E-state index contributed by atoms with van der Waals surface area (Å²) in [6.07, 6.45) is 13.5. The summed E-state index contributed by atoms with van der Waals surface area (Å²) in [4.78, 5) is 0. The molecular weight excluding hydrogens is 197 g/mol. The van der Waals surface area contributed by atoms with Crippen LogP contribution in [0.1, 0.15) is 72.6 Å². The van der Waals surface area contributed by atoms with Crippen LogP contribution in [0.15, 0.2) is 0 Å². The van der Waals surface area contributed by atoms with Crippen LogP contribution in [0.2, 0.25) is 0 Å². The predicted octanol–water partition coefficient (Wildman–Crippen LogP) is 1.00. The van der Waals surface area contributed by atoms with E-state index in [1.54, 1.807) is 0 Å². The molecule has 2 N–H and O–H groups in total. The van der Waals surface area contributed by atoms with Crippen LogP contribution < -0.4 is 35.0 Å². The van der Waals surface area contributed by atoms with Crippen molar-refractivity contribution in [2.75, 3.05) is 6.54 Å². The first-order valence-corrected chi connectivity index (χ1v) is 6.28. The van der Waals surface area contributed by atoms with E-state index in [0.29, 0.717) is 0 Å². The molecule has 0 unspecified atom stereocenters. The van der Waals surface area contributed by atoms with Crippen molar-refractivity contribution in [1.82, 2.24) is 5.48 Å². The average Bonchev–Trinajstić information content (AvgIpc) is 2.21. The van der Waals surface area contributed by atoms with Gasteiger partial charge in [-0.3, -0.25) is 0 Å². The molecule has 0 spiro atoms. The third kappa shape index (κ3) is 17.5. The summed E-state index contributed by atoms with van der Waals surface area (Å²) in [5, 5.41) is 8.34. The number of nitrogens with one attached hydrogen (secondary N) is 1. The van der Waals surface area contributed by atoms with Crippen molar-refractivity contribution in [3.63, 3.8) is 0 Å². The quantitative estimate of drug-likeness (QED) is 0.312. The second-order valence-corrected chi connectivity index (χ2v) is 4.09. The fourth-order valence-electron chi connectivity index (χ4n) is 1.69. The number of hydrogen-bond donors (Lipinski definition) is 2. The Labute approximate surface area is 119 Å². The van der Waals surface area contributed by atoms with Crippen LogP contribution in [0, 0.1) is 0 Å². The van der Waals surface area contributed by atoms with Crippen LogP contribution >= 0.6 is 0 Å². The maximum atomic E-state index is 8.34. The van der Waals surface area contributed by atoms with Crippen molar-refractivity contribution in [2.24, 2.45) is 0 Å². The Morgan fingerprint density at radius 2 is 1.20 bits per heavy atom. The van der Waals surface area contributed by atoms with E-state index < -0.39 is 0 Å². The van der Waals surface area contributed by atoms with E-state index in [4.69, 9.17) is 5.21 Å². The van der Waals surface area contributed by atoms with Gasteiger partial charge in [-0.2, -0.15) is 0 Å². The van der Waals surface area contributed by atoms with Crippen LogP contribution in [0.3, 0.4) is 0 Å². The molecular formula is C12H28NNaO. The largest absolute Gasteiger partial charge is 1.00 e. The molecule has 0 rings (SSSR count). The molecule has 0 aromatic heterocycles. The molecule has 0 fully saturated rings. The summed E-state index contributed by atoms with van der Waals surface area (Å²) in [7, 11) is 0. The normalized spacial score (nSPS) is 10.0. The van der Waals surface area contributed by atoms with E-state index in [-0.39, 0.29) is 31.0 Å². The molecule has 0 saturated carbocycles. The van der Waals surface area contributed by atoms with Crippen LogP contribution in [-0.4, -0.2) is 11.8 Å². The summed E-state index contributed by atoms with van der Waals surface area (Å²) >= 11 is 0. The first kappa shape index (κ1) is 18.3. The zero-order valence-electron chi connectivity index (χ0n) is 11.7. The molecule has 0 amide bonds. The van der Waals surface area contributed by atoms with Crippen molar-refractivity contribution in [2.45, 2.75) is 71.1 Å². The van der Waals surface area contributed by atoms with Gasteiger partial charge in [-0.05, 0) is 6.42 Å². The van der Waals surface area contributed by atoms with Gasteiger partial charge >= 0.3 is 29.6 Å². The Morgan fingerprint density at radius 1 is 0.800 bits per heavy atom. The molecule has 0 aliphatic heterocycles. The van der Waals surface area contributed by atoms with Gasteiger partial charge in [0.15, 0.2) is 0 Å². The molecule has 0 atom stereocenters. The summed E-state index contributed by atoms with van der Waals surface area (Å²) in [6.45, 7) is 3.01. The summed E-state index contributed by atoms with van der Waals surface area (Å²) in [5.74, 6) is 0. The number of unbranched alkanes of at least 4 members (excludes halogenated alkanes) is 9. The molecule has 0 aliphatic carbocycles. The fraction of sp³-hybridized carbons (Fsp3) is 1.00. The third-order valence-corrected chi connectivity index (χ3v) is 2.64. The topological polar surface area (TPSA) is 32.3 Å². The van der Waals surface area contributed by atoms with Crippen molar-refractivity contribution >= 4 is 0 Å². The van der Waals surface area contributed by atoms with Gasteiger partial charge in [0.05, 0.1) is 0 Å². The summed E-state index contributed by atoms with van der Waals surface area (Å²) < 4.78 is 0. The number of hydrogen-bond acceptors (Lipinski definition) is 2. The minimum atomic E-state index is 0. The Balaban J connectivity index is -0.000000845. The molecule has 15 heavy (non-hydrogen) atoms. The van der Waals surface area contributed by atoms with Gasteiger partial charge in [-0.1, -0.05) is 64.7 Å². The van der Waals surface area contributed by atoms with Crippen molar-refractivity contribution in [1.29, 1.82) is 0 Å². The summed E-state index contributed by atoms with van der Waals surface area (Å²) in [5.41, 5.74) is 2.19. The van der Waals surface area contributed by atoms with Gasteiger partial charge in [-0.25, -0.2) is 5.48 Å². The van der Waals surface area contributed by atoms with E-state index in [0.717, 1.165) is 13.0 Å². The maximum absolute atomic E-state index is 8.34. The zero-order chi connectivity index (χ0) is 10.5. The third-order valence-electron chi connectivity index (χ3n) is 2.64. The van der Waals surface area contributed by atoms with Crippen LogP contribution in [0.4, 0.5) is 0 Å². The molecule has 0 bridgehead atoms. The Kier molecular flexibility index (Phi) is 21.1. The van der Waals surface area contributed by atoms with E-state index in [1.807, 2.05) is 0 Å². The first-order chi connectivity index (χ1) is 6.91. The molecule has 2 nitrogen and oxygen atoms in total. The average molecular weight is 225 g/mol.